The molecule has 0 aliphatic rings. The van der Waals surface area contributed by atoms with Crippen LogP contribution in [0, 0.1) is 0 Å². The lowest BCUT2D eigenvalue weighted by atomic mass is 10.2. The summed E-state index contributed by atoms with van der Waals surface area (Å²) < 4.78 is 4.79. The fraction of sp³-hybridized carbons (Fsp3) is 0.625. The van der Waals surface area contributed by atoms with E-state index in [1.807, 2.05) is 6.92 Å². The van der Waals surface area contributed by atoms with Crippen LogP contribution in [0.1, 0.15) is 20.3 Å². The van der Waals surface area contributed by atoms with Crippen LogP contribution in [-0.4, -0.2) is 18.6 Å². The van der Waals surface area contributed by atoms with E-state index >= 15 is 0 Å². The number of nitrogens with two attached hydrogens (primary N) is 1. The minimum atomic E-state index is -0.367. The van der Waals surface area contributed by atoms with Gasteiger partial charge in [0.2, 0.25) is 0 Å². The molecule has 0 amide bonds. The summed E-state index contributed by atoms with van der Waals surface area (Å²) in [5.41, 5.74) is 5.92. The van der Waals surface area contributed by atoms with Crippen LogP contribution in [-0.2, 0) is 9.53 Å². The molecule has 64 valence electrons. The predicted octanol–water partition coefficient (Wildman–Crippen LogP) is 0.843. The molecule has 0 bridgehead atoms. The van der Waals surface area contributed by atoms with Crippen molar-refractivity contribution in [3.05, 3.63) is 12.2 Å². The average molecular weight is 157 g/mol. The highest BCUT2D eigenvalue weighted by Gasteiger charge is 2.05. The van der Waals surface area contributed by atoms with Gasteiger partial charge < -0.3 is 10.5 Å². The Hall–Kier alpha value is -0.830. The van der Waals surface area contributed by atoms with Crippen molar-refractivity contribution in [1.29, 1.82) is 0 Å². The molecule has 0 fully saturated rings. The molecule has 0 aromatic heterocycles. The molecule has 3 nitrogen and oxygen atoms in total. The molecule has 3 heteroatoms. The Labute approximate surface area is 67.2 Å². The fourth-order valence-corrected chi connectivity index (χ4v) is 0.424. The maximum Gasteiger partial charge on any atom is 0.333 e. The van der Waals surface area contributed by atoms with E-state index in [4.69, 9.17) is 10.5 Å². The predicted molar refractivity (Wildman–Crippen MR) is 44.0 cm³/mol. The lowest BCUT2D eigenvalue weighted by Gasteiger charge is -2.08. The van der Waals surface area contributed by atoms with E-state index in [0.717, 1.165) is 6.42 Å². The second-order valence-corrected chi connectivity index (χ2v) is 2.55. The maximum atomic E-state index is 10.8. The van der Waals surface area contributed by atoms with Gasteiger partial charge in [0.15, 0.2) is 0 Å². The number of esters is 1. The highest BCUT2D eigenvalue weighted by Crippen LogP contribution is 1.94. The zero-order chi connectivity index (χ0) is 8.85. The standard InChI is InChI=1S/C8H15NO2/c1-4-7(9)5-11-8(10)6(2)3/h7H,2,4-5,9H2,1,3H3. The lowest BCUT2D eigenvalue weighted by Crippen LogP contribution is -2.26. The highest BCUT2D eigenvalue weighted by atomic mass is 16.5. The number of hydrogen-bond donors (Lipinski definition) is 1. The number of rotatable bonds is 4. The Morgan fingerprint density at radius 3 is 2.64 bits per heavy atom. The van der Waals surface area contributed by atoms with Gasteiger partial charge in [0, 0.05) is 11.6 Å². The normalized spacial score (nSPS) is 12.3. The van der Waals surface area contributed by atoms with Gasteiger partial charge in [0.1, 0.15) is 6.61 Å². The third-order valence-corrected chi connectivity index (χ3v) is 1.30. The van der Waals surface area contributed by atoms with E-state index in [-0.39, 0.29) is 18.6 Å². The van der Waals surface area contributed by atoms with Crippen molar-refractivity contribution in [2.75, 3.05) is 6.61 Å². The van der Waals surface area contributed by atoms with Crippen molar-refractivity contribution in [3.63, 3.8) is 0 Å². The number of hydrogen-bond acceptors (Lipinski definition) is 3. The van der Waals surface area contributed by atoms with E-state index in [2.05, 4.69) is 6.58 Å². The van der Waals surface area contributed by atoms with Crippen LogP contribution in [0.2, 0.25) is 0 Å². The molecule has 1 atom stereocenters. The van der Waals surface area contributed by atoms with Crippen molar-refractivity contribution >= 4 is 5.97 Å². The van der Waals surface area contributed by atoms with E-state index in [9.17, 15) is 4.79 Å². The second-order valence-electron chi connectivity index (χ2n) is 2.55. The largest absolute Gasteiger partial charge is 0.461 e. The van der Waals surface area contributed by atoms with Crippen LogP contribution in [0.4, 0.5) is 0 Å². The first-order valence-corrected chi connectivity index (χ1v) is 3.66. The maximum absolute atomic E-state index is 10.8. The molecule has 0 aliphatic carbocycles. The molecule has 0 rings (SSSR count). The quantitative estimate of drug-likeness (QED) is 0.486. The summed E-state index contributed by atoms with van der Waals surface area (Å²) in [4.78, 5) is 10.8. The van der Waals surface area contributed by atoms with Crippen molar-refractivity contribution in [2.45, 2.75) is 26.3 Å². The average Bonchev–Trinajstić information content (AvgIpc) is 1.99. The van der Waals surface area contributed by atoms with Gasteiger partial charge >= 0.3 is 5.97 Å². The summed E-state index contributed by atoms with van der Waals surface area (Å²) in [7, 11) is 0. The van der Waals surface area contributed by atoms with Gasteiger partial charge in [-0.3, -0.25) is 0 Å². The molecule has 0 aromatic rings. The molecule has 0 heterocycles. The fourth-order valence-electron chi connectivity index (χ4n) is 0.424. The number of carbonyl (C=O) groups excluding carboxylic acids is 1. The monoisotopic (exact) mass is 157 g/mol. The molecule has 0 radical (unpaired) electrons. The third kappa shape index (κ3) is 4.56. The Morgan fingerprint density at radius 2 is 2.27 bits per heavy atom. The van der Waals surface area contributed by atoms with Crippen molar-refractivity contribution in [1.82, 2.24) is 0 Å². The summed E-state index contributed by atoms with van der Waals surface area (Å²) in [5, 5.41) is 0. The van der Waals surface area contributed by atoms with Gasteiger partial charge in [-0.2, -0.15) is 0 Å². The zero-order valence-corrected chi connectivity index (χ0v) is 7.09. The topological polar surface area (TPSA) is 52.3 Å². The van der Waals surface area contributed by atoms with E-state index in [1.165, 1.54) is 0 Å². The molecular weight excluding hydrogens is 142 g/mol. The molecule has 11 heavy (non-hydrogen) atoms. The molecule has 0 aromatic carbocycles. The first-order valence-electron chi connectivity index (χ1n) is 3.66. The Kier molecular flexibility index (Phi) is 4.54. The van der Waals surface area contributed by atoms with Crippen LogP contribution in [0.25, 0.3) is 0 Å². The SMILES string of the molecule is C=C(C)C(=O)OCC(N)CC. The molecule has 1 unspecified atom stereocenters. The van der Waals surface area contributed by atoms with Crippen molar-refractivity contribution in [3.8, 4) is 0 Å². The molecule has 0 saturated heterocycles. The summed E-state index contributed by atoms with van der Waals surface area (Å²) >= 11 is 0. The Morgan fingerprint density at radius 1 is 1.73 bits per heavy atom. The van der Waals surface area contributed by atoms with Gasteiger partial charge in [0.25, 0.3) is 0 Å². The Balaban J connectivity index is 3.54. The summed E-state index contributed by atoms with van der Waals surface area (Å²) in [5.74, 6) is -0.367. The minimum Gasteiger partial charge on any atom is -0.461 e. The van der Waals surface area contributed by atoms with Gasteiger partial charge in [-0.15, -0.1) is 0 Å². The first kappa shape index (κ1) is 10.2. The highest BCUT2D eigenvalue weighted by molar-refractivity contribution is 5.86. The van der Waals surface area contributed by atoms with Crippen molar-refractivity contribution in [2.24, 2.45) is 5.73 Å². The van der Waals surface area contributed by atoms with E-state index in [1.54, 1.807) is 6.92 Å². The van der Waals surface area contributed by atoms with Gasteiger partial charge in [-0.05, 0) is 13.3 Å². The minimum absolute atomic E-state index is 0.0571. The molecular formula is C8H15NO2. The van der Waals surface area contributed by atoms with Crippen LogP contribution in [0.15, 0.2) is 12.2 Å². The summed E-state index contributed by atoms with van der Waals surface area (Å²) in [6.45, 7) is 7.28. The van der Waals surface area contributed by atoms with Crippen LogP contribution in [0.3, 0.4) is 0 Å². The smallest absolute Gasteiger partial charge is 0.333 e. The van der Waals surface area contributed by atoms with Crippen LogP contribution >= 0.6 is 0 Å². The number of carbonyl (C=O) groups is 1. The first-order chi connectivity index (χ1) is 5.07. The third-order valence-electron chi connectivity index (χ3n) is 1.30. The zero-order valence-electron chi connectivity index (χ0n) is 7.09. The van der Waals surface area contributed by atoms with Gasteiger partial charge in [-0.1, -0.05) is 13.5 Å². The molecule has 0 saturated carbocycles. The van der Waals surface area contributed by atoms with E-state index < -0.39 is 0 Å². The van der Waals surface area contributed by atoms with Gasteiger partial charge in [-0.25, -0.2) is 4.79 Å². The molecule has 0 aliphatic heterocycles. The molecule has 0 spiro atoms. The lowest BCUT2D eigenvalue weighted by molar-refractivity contribution is -0.139. The number of ether oxygens (including phenoxy) is 1. The van der Waals surface area contributed by atoms with Gasteiger partial charge in [0.05, 0.1) is 0 Å². The summed E-state index contributed by atoms with van der Waals surface area (Å²) in [6, 6.07) is -0.0571. The van der Waals surface area contributed by atoms with Crippen molar-refractivity contribution < 1.29 is 9.53 Å². The second kappa shape index (κ2) is 4.91. The summed E-state index contributed by atoms with van der Waals surface area (Å²) in [6.07, 6.45) is 0.809. The Bertz CT molecular complexity index is 154. The molecule has 2 N–H and O–H groups in total. The van der Waals surface area contributed by atoms with Crippen LogP contribution in [0.5, 0.6) is 0 Å². The van der Waals surface area contributed by atoms with Crippen LogP contribution < -0.4 is 5.73 Å². The van der Waals surface area contributed by atoms with E-state index in [0.29, 0.717) is 5.57 Å².